The second-order valence-corrected chi connectivity index (χ2v) is 5.22. The first-order valence-corrected chi connectivity index (χ1v) is 6.44. The normalized spacial score (nSPS) is 11.8. The zero-order valence-corrected chi connectivity index (χ0v) is 13.3. The molecule has 0 saturated carbocycles. The van der Waals surface area contributed by atoms with Crippen molar-refractivity contribution in [3.05, 3.63) is 26.6 Å². The summed E-state index contributed by atoms with van der Waals surface area (Å²) in [6, 6.07) is 4.21. The van der Waals surface area contributed by atoms with E-state index < -0.39 is 0 Å². The second-order valence-electron chi connectivity index (χ2n) is 3.45. The van der Waals surface area contributed by atoms with E-state index in [-0.39, 0.29) is 18.4 Å². The molecule has 0 aromatic heterocycles. The Morgan fingerprint density at radius 3 is 2.50 bits per heavy atom. The van der Waals surface area contributed by atoms with Crippen LogP contribution in [-0.4, -0.2) is 13.2 Å². The molecule has 0 heterocycles. The van der Waals surface area contributed by atoms with E-state index in [1.807, 2.05) is 6.07 Å². The van der Waals surface area contributed by atoms with Gasteiger partial charge in [0.15, 0.2) is 0 Å². The van der Waals surface area contributed by atoms with E-state index in [2.05, 4.69) is 44.8 Å². The number of benzene rings is 1. The molecule has 1 aromatic carbocycles. The van der Waals surface area contributed by atoms with Gasteiger partial charge < -0.3 is 10.5 Å². The minimum atomic E-state index is 0. The van der Waals surface area contributed by atoms with Gasteiger partial charge in [-0.3, -0.25) is 0 Å². The van der Waals surface area contributed by atoms with Crippen LogP contribution in [0, 0.1) is 0 Å². The Hall–Kier alpha value is 0.230. The summed E-state index contributed by atoms with van der Waals surface area (Å²) < 4.78 is 7.35. The van der Waals surface area contributed by atoms with Crippen molar-refractivity contribution in [1.82, 2.24) is 0 Å². The van der Waals surface area contributed by atoms with Gasteiger partial charge in [-0.2, -0.15) is 0 Å². The molecule has 0 fully saturated rings. The van der Waals surface area contributed by atoms with Crippen LogP contribution < -0.4 is 10.5 Å². The van der Waals surface area contributed by atoms with Crippen molar-refractivity contribution in [2.45, 2.75) is 25.8 Å². The van der Waals surface area contributed by atoms with Gasteiger partial charge in [0.05, 0.1) is 11.6 Å². The lowest BCUT2D eigenvalue weighted by molar-refractivity contribution is 0.405. The van der Waals surface area contributed by atoms with E-state index in [1.165, 1.54) is 0 Å². The molecule has 0 saturated heterocycles. The van der Waals surface area contributed by atoms with Crippen LogP contribution in [0.25, 0.3) is 0 Å². The predicted octanol–water partition coefficient (Wildman–Crippen LogP) is 3.92. The smallest absolute Gasteiger partial charge is 0.136 e. The van der Waals surface area contributed by atoms with Gasteiger partial charge in [0.2, 0.25) is 0 Å². The molecule has 0 amide bonds. The highest BCUT2D eigenvalue weighted by Crippen LogP contribution is 2.33. The van der Waals surface area contributed by atoms with Crippen molar-refractivity contribution in [2.24, 2.45) is 5.73 Å². The maximum Gasteiger partial charge on any atom is 0.136 e. The minimum absolute atomic E-state index is 0. The topological polar surface area (TPSA) is 35.2 Å². The van der Waals surface area contributed by atoms with Crippen LogP contribution in [-0.2, 0) is 6.42 Å². The lowest BCUT2D eigenvalue weighted by atomic mass is 10.0. The first-order valence-electron chi connectivity index (χ1n) is 4.86. The molecule has 1 atom stereocenters. The highest BCUT2D eigenvalue weighted by molar-refractivity contribution is 9.11. The first-order chi connectivity index (χ1) is 7.08. The fourth-order valence-electron chi connectivity index (χ4n) is 1.42. The number of hydrogen-bond donors (Lipinski definition) is 1. The number of rotatable bonds is 4. The standard InChI is InChI=1S/C11H15Br2NO.ClH/c1-3-9(14)5-7-4-8(12)6-10(13)11(7)15-2;/h4,6,9H,3,5,14H2,1-2H3;1H. The van der Waals surface area contributed by atoms with Crippen molar-refractivity contribution in [3.63, 3.8) is 0 Å². The van der Waals surface area contributed by atoms with Crippen molar-refractivity contribution in [3.8, 4) is 5.75 Å². The van der Waals surface area contributed by atoms with Crippen LogP contribution in [0.1, 0.15) is 18.9 Å². The maximum absolute atomic E-state index is 5.94. The third-order valence-electron chi connectivity index (χ3n) is 2.30. The molecule has 5 heteroatoms. The molecule has 1 unspecified atom stereocenters. The quantitative estimate of drug-likeness (QED) is 0.868. The van der Waals surface area contributed by atoms with E-state index in [1.54, 1.807) is 7.11 Å². The van der Waals surface area contributed by atoms with Crippen LogP contribution in [0.3, 0.4) is 0 Å². The van der Waals surface area contributed by atoms with Crippen LogP contribution >= 0.6 is 44.3 Å². The average Bonchev–Trinajstić information content (AvgIpc) is 2.17. The third-order valence-corrected chi connectivity index (χ3v) is 3.34. The van der Waals surface area contributed by atoms with Gasteiger partial charge in [-0.05, 0) is 46.5 Å². The summed E-state index contributed by atoms with van der Waals surface area (Å²) in [6.45, 7) is 2.09. The number of hydrogen-bond acceptors (Lipinski definition) is 2. The van der Waals surface area contributed by atoms with Gasteiger partial charge >= 0.3 is 0 Å². The average molecular weight is 374 g/mol. The van der Waals surface area contributed by atoms with Crippen LogP contribution in [0.5, 0.6) is 5.75 Å². The summed E-state index contributed by atoms with van der Waals surface area (Å²) in [5.41, 5.74) is 7.08. The Kier molecular flexibility index (Phi) is 7.64. The summed E-state index contributed by atoms with van der Waals surface area (Å²) in [4.78, 5) is 0. The number of methoxy groups -OCH3 is 1. The fraction of sp³-hybridized carbons (Fsp3) is 0.455. The molecule has 92 valence electrons. The van der Waals surface area contributed by atoms with Crippen molar-refractivity contribution in [1.29, 1.82) is 0 Å². The first kappa shape index (κ1) is 16.2. The van der Waals surface area contributed by atoms with E-state index >= 15 is 0 Å². The molecule has 1 rings (SSSR count). The third kappa shape index (κ3) is 4.24. The second kappa shape index (κ2) is 7.54. The largest absolute Gasteiger partial charge is 0.495 e. The zero-order valence-electron chi connectivity index (χ0n) is 9.30. The van der Waals surface area contributed by atoms with Crippen LogP contribution in [0.15, 0.2) is 21.1 Å². The van der Waals surface area contributed by atoms with Gasteiger partial charge in [-0.25, -0.2) is 0 Å². The maximum atomic E-state index is 5.94. The molecule has 0 bridgehead atoms. The summed E-state index contributed by atoms with van der Waals surface area (Å²) in [5.74, 6) is 0.877. The lowest BCUT2D eigenvalue weighted by Gasteiger charge is -2.14. The summed E-state index contributed by atoms with van der Waals surface area (Å²) in [5, 5.41) is 0. The van der Waals surface area contributed by atoms with E-state index in [9.17, 15) is 0 Å². The van der Waals surface area contributed by atoms with Crippen molar-refractivity contribution in [2.75, 3.05) is 7.11 Å². The SMILES string of the molecule is CCC(N)Cc1cc(Br)cc(Br)c1OC.Cl. The Bertz CT molecular complexity index is 347. The molecule has 0 aliphatic heterocycles. The Morgan fingerprint density at radius 1 is 1.38 bits per heavy atom. The molecular formula is C11H16Br2ClNO. The minimum Gasteiger partial charge on any atom is -0.495 e. The van der Waals surface area contributed by atoms with E-state index in [0.717, 1.165) is 33.1 Å². The van der Waals surface area contributed by atoms with Gasteiger partial charge in [-0.15, -0.1) is 12.4 Å². The predicted molar refractivity (Wildman–Crippen MR) is 77.6 cm³/mol. The Labute approximate surface area is 120 Å². The molecule has 2 nitrogen and oxygen atoms in total. The Morgan fingerprint density at radius 2 is 2.00 bits per heavy atom. The Balaban J connectivity index is 0.00000225. The molecule has 0 spiro atoms. The highest BCUT2D eigenvalue weighted by atomic mass is 79.9. The van der Waals surface area contributed by atoms with Gasteiger partial charge in [-0.1, -0.05) is 22.9 Å². The van der Waals surface area contributed by atoms with Crippen molar-refractivity contribution >= 4 is 44.3 Å². The highest BCUT2D eigenvalue weighted by Gasteiger charge is 2.11. The van der Waals surface area contributed by atoms with E-state index in [0.29, 0.717) is 0 Å². The van der Waals surface area contributed by atoms with Gasteiger partial charge in [0.1, 0.15) is 5.75 Å². The van der Waals surface area contributed by atoms with Gasteiger partial charge in [0.25, 0.3) is 0 Å². The summed E-state index contributed by atoms with van der Waals surface area (Å²) >= 11 is 6.94. The molecule has 1 aromatic rings. The fourth-order valence-corrected chi connectivity index (χ4v) is 2.90. The van der Waals surface area contributed by atoms with Gasteiger partial charge in [0, 0.05) is 10.5 Å². The monoisotopic (exact) mass is 371 g/mol. The summed E-state index contributed by atoms with van der Waals surface area (Å²) in [7, 11) is 1.68. The number of nitrogens with two attached hydrogens (primary N) is 1. The summed E-state index contributed by atoms with van der Waals surface area (Å²) in [6.07, 6.45) is 1.80. The number of halogens is 3. The number of ether oxygens (including phenoxy) is 1. The lowest BCUT2D eigenvalue weighted by Crippen LogP contribution is -2.21. The molecular weight excluding hydrogens is 357 g/mol. The zero-order chi connectivity index (χ0) is 11.4. The molecule has 0 aliphatic carbocycles. The van der Waals surface area contributed by atoms with E-state index in [4.69, 9.17) is 10.5 Å². The molecule has 0 radical (unpaired) electrons. The van der Waals surface area contributed by atoms with Crippen LogP contribution in [0.2, 0.25) is 0 Å². The molecule has 2 N–H and O–H groups in total. The molecule has 0 aliphatic rings. The van der Waals surface area contributed by atoms with Crippen LogP contribution in [0.4, 0.5) is 0 Å². The van der Waals surface area contributed by atoms with Crippen molar-refractivity contribution < 1.29 is 4.74 Å². The molecule has 16 heavy (non-hydrogen) atoms.